The lowest BCUT2D eigenvalue weighted by Gasteiger charge is -2.42. The predicted molar refractivity (Wildman–Crippen MR) is 184 cm³/mol. The van der Waals surface area contributed by atoms with Crippen LogP contribution in [-0.4, -0.2) is 70.2 Å². The molecule has 2 fully saturated rings. The maximum atomic E-state index is 16.0. The Bertz CT molecular complexity index is 1590. The van der Waals surface area contributed by atoms with E-state index in [-0.39, 0.29) is 30.0 Å². The molecule has 1 saturated carbocycles. The van der Waals surface area contributed by atoms with E-state index in [1.54, 1.807) is 71.9 Å². The number of halogens is 1. The molecule has 50 heavy (non-hydrogen) atoms. The summed E-state index contributed by atoms with van der Waals surface area (Å²) >= 11 is 0. The van der Waals surface area contributed by atoms with Gasteiger partial charge >= 0.3 is 18.0 Å². The quantitative estimate of drug-likeness (QED) is 0.279. The van der Waals surface area contributed by atoms with Gasteiger partial charge in [-0.3, -0.25) is 14.4 Å². The molecule has 272 valence electrons. The van der Waals surface area contributed by atoms with Gasteiger partial charge in [-0.2, -0.15) is 0 Å². The highest BCUT2D eigenvalue weighted by atomic mass is 19.1. The standard InChI is InChI=1S/C38H50FN3O8/c1-22(41-35(48)50-37(5,6)7)23-16-18-25(19-17-23)31(43)42-20-28(26-14-11-15-27(30(26)39)32(44)45)29(24-12-9-8-10-13-24)38(42,33(40)46)21-49-34(47)36(2,3)4/h8-15,22-23,25,28-29H,16-21H2,1-7H3,(H2,40,46)(H,41,48)(H,44,45)/t22?,23?,25?,28?,29-,38+/m1/s1. The van der Waals surface area contributed by atoms with Crippen LogP contribution in [0.5, 0.6) is 0 Å². The molecular weight excluding hydrogens is 645 g/mol. The van der Waals surface area contributed by atoms with Gasteiger partial charge in [-0.15, -0.1) is 0 Å². The molecule has 1 saturated heterocycles. The van der Waals surface area contributed by atoms with Crippen molar-refractivity contribution in [1.29, 1.82) is 0 Å². The maximum absolute atomic E-state index is 16.0. The van der Waals surface area contributed by atoms with E-state index in [0.717, 1.165) is 6.07 Å². The fourth-order valence-corrected chi connectivity index (χ4v) is 7.32. The third-order valence-corrected chi connectivity index (χ3v) is 9.90. The summed E-state index contributed by atoms with van der Waals surface area (Å²) in [7, 11) is 0. The molecular formula is C38H50FN3O8. The molecule has 0 radical (unpaired) electrons. The van der Waals surface area contributed by atoms with Crippen molar-refractivity contribution in [2.75, 3.05) is 13.2 Å². The Labute approximate surface area is 293 Å². The van der Waals surface area contributed by atoms with Gasteiger partial charge in [-0.25, -0.2) is 14.0 Å². The van der Waals surface area contributed by atoms with Crippen molar-refractivity contribution >= 4 is 29.8 Å². The number of nitrogens with one attached hydrogen (secondary N) is 1. The van der Waals surface area contributed by atoms with Gasteiger partial charge in [0, 0.05) is 30.3 Å². The Morgan fingerprint density at radius 2 is 1.60 bits per heavy atom. The van der Waals surface area contributed by atoms with Gasteiger partial charge in [-0.05, 0) is 97.3 Å². The zero-order valence-electron chi connectivity index (χ0n) is 30.0. The third kappa shape index (κ3) is 8.11. The number of rotatable bonds is 9. The topological polar surface area (TPSA) is 165 Å². The minimum absolute atomic E-state index is 0.00702. The zero-order valence-corrected chi connectivity index (χ0v) is 30.0. The summed E-state index contributed by atoms with van der Waals surface area (Å²) < 4.78 is 27.2. The number of ether oxygens (including phenoxy) is 2. The minimum Gasteiger partial charge on any atom is -0.478 e. The molecule has 2 unspecified atom stereocenters. The number of aromatic carboxylic acids is 1. The second-order valence-corrected chi connectivity index (χ2v) is 15.6. The molecule has 12 heteroatoms. The summed E-state index contributed by atoms with van der Waals surface area (Å²) in [5.41, 5.74) is 2.74. The lowest BCUT2D eigenvalue weighted by atomic mass is 9.72. The van der Waals surface area contributed by atoms with Gasteiger partial charge in [0.2, 0.25) is 11.8 Å². The Morgan fingerprint density at radius 1 is 0.980 bits per heavy atom. The van der Waals surface area contributed by atoms with Crippen molar-refractivity contribution in [3.8, 4) is 0 Å². The highest BCUT2D eigenvalue weighted by Gasteiger charge is 2.62. The van der Waals surface area contributed by atoms with E-state index in [9.17, 15) is 29.1 Å². The average molecular weight is 696 g/mol. The molecule has 0 spiro atoms. The van der Waals surface area contributed by atoms with Crippen molar-refractivity contribution < 1.29 is 42.9 Å². The van der Waals surface area contributed by atoms with Crippen LogP contribution >= 0.6 is 0 Å². The zero-order chi connectivity index (χ0) is 37.2. The van der Waals surface area contributed by atoms with Crippen LogP contribution in [0.2, 0.25) is 0 Å². The highest BCUT2D eigenvalue weighted by molar-refractivity contribution is 5.94. The number of esters is 1. The number of carboxylic acids is 1. The molecule has 3 amide bonds. The molecule has 2 aromatic rings. The Morgan fingerprint density at radius 3 is 2.14 bits per heavy atom. The molecule has 2 aromatic carbocycles. The normalized spacial score (nSPS) is 24.6. The van der Waals surface area contributed by atoms with E-state index in [0.29, 0.717) is 31.2 Å². The number of carboxylic acid groups (broad SMARTS) is 1. The van der Waals surface area contributed by atoms with Crippen LogP contribution in [0.25, 0.3) is 0 Å². The van der Waals surface area contributed by atoms with Gasteiger partial charge in [-0.1, -0.05) is 42.5 Å². The van der Waals surface area contributed by atoms with Crippen LogP contribution in [-0.2, 0) is 23.9 Å². The molecule has 1 aliphatic carbocycles. The second kappa shape index (κ2) is 14.8. The number of carbonyl (C=O) groups excluding carboxylic acids is 4. The Hall–Kier alpha value is -4.48. The number of likely N-dealkylation sites (tertiary alicyclic amines) is 1. The largest absolute Gasteiger partial charge is 0.478 e. The summed E-state index contributed by atoms with van der Waals surface area (Å²) in [4.78, 5) is 67.5. The summed E-state index contributed by atoms with van der Waals surface area (Å²) in [5.74, 6) is -6.76. The number of amides is 3. The first-order valence-electron chi connectivity index (χ1n) is 17.1. The summed E-state index contributed by atoms with van der Waals surface area (Å²) in [6.45, 7) is 11.5. The second-order valence-electron chi connectivity index (χ2n) is 15.6. The summed E-state index contributed by atoms with van der Waals surface area (Å²) in [6.07, 6.45) is 1.57. The van der Waals surface area contributed by atoms with Gasteiger partial charge in [0.1, 0.15) is 18.0 Å². The molecule has 4 atom stereocenters. The first-order chi connectivity index (χ1) is 23.3. The van der Waals surface area contributed by atoms with Gasteiger partial charge in [0.25, 0.3) is 0 Å². The smallest absolute Gasteiger partial charge is 0.407 e. The summed E-state index contributed by atoms with van der Waals surface area (Å²) in [5, 5.41) is 12.6. The van der Waals surface area contributed by atoms with Crippen LogP contribution in [0.1, 0.15) is 107 Å². The first-order valence-corrected chi connectivity index (χ1v) is 17.1. The molecule has 2 aliphatic rings. The maximum Gasteiger partial charge on any atom is 0.407 e. The SMILES string of the molecule is CC(NC(=O)OC(C)(C)C)C1CCC(C(=O)N2CC(c3cccc(C(=O)O)c3F)[C@@H](c3ccccc3)[C@@]2(COC(=O)C(C)(C)C)C(N)=O)CC1. The molecule has 0 aromatic heterocycles. The number of nitrogens with two attached hydrogens (primary N) is 1. The van der Waals surface area contributed by atoms with Gasteiger partial charge < -0.3 is 30.5 Å². The minimum atomic E-state index is -1.93. The van der Waals surface area contributed by atoms with E-state index < -0.39 is 76.2 Å². The molecule has 11 nitrogen and oxygen atoms in total. The van der Waals surface area contributed by atoms with E-state index in [2.05, 4.69) is 5.32 Å². The molecule has 4 N–H and O–H groups in total. The average Bonchev–Trinajstić information content (AvgIpc) is 3.38. The number of primary amides is 1. The van der Waals surface area contributed by atoms with Crippen molar-refractivity contribution in [2.45, 2.75) is 103 Å². The first kappa shape index (κ1) is 38.3. The van der Waals surface area contributed by atoms with Crippen molar-refractivity contribution in [2.24, 2.45) is 23.0 Å². The molecule has 1 heterocycles. The number of alkyl carbamates (subject to hydrolysis) is 1. The fourth-order valence-electron chi connectivity index (χ4n) is 7.32. The van der Waals surface area contributed by atoms with Crippen LogP contribution in [0.15, 0.2) is 48.5 Å². The van der Waals surface area contributed by atoms with E-state index in [1.165, 1.54) is 17.0 Å². The number of hydrogen-bond donors (Lipinski definition) is 3. The van der Waals surface area contributed by atoms with Gasteiger partial charge in [0.05, 0.1) is 11.0 Å². The summed E-state index contributed by atoms with van der Waals surface area (Å²) in [6, 6.07) is 12.5. The molecule has 0 bridgehead atoms. The number of hydrogen-bond acceptors (Lipinski definition) is 7. The van der Waals surface area contributed by atoms with Crippen LogP contribution < -0.4 is 11.1 Å². The van der Waals surface area contributed by atoms with E-state index >= 15 is 4.39 Å². The van der Waals surface area contributed by atoms with E-state index in [4.69, 9.17) is 15.2 Å². The number of carbonyl (C=O) groups is 5. The van der Waals surface area contributed by atoms with E-state index in [1.807, 2.05) is 6.92 Å². The van der Waals surface area contributed by atoms with Gasteiger partial charge in [0.15, 0.2) is 5.54 Å². The molecule has 1 aliphatic heterocycles. The third-order valence-electron chi connectivity index (χ3n) is 9.90. The van der Waals surface area contributed by atoms with Crippen LogP contribution in [0, 0.1) is 23.1 Å². The lowest BCUT2D eigenvalue weighted by molar-refractivity contribution is -0.164. The fraction of sp³-hybridized carbons (Fsp3) is 0.553. The molecule has 4 rings (SSSR count). The van der Waals surface area contributed by atoms with Crippen molar-refractivity contribution in [1.82, 2.24) is 10.2 Å². The monoisotopic (exact) mass is 695 g/mol. The lowest BCUT2D eigenvalue weighted by Crippen LogP contribution is -2.63. The number of benzene rings is 2. The Balaban J connectivity index is 1.75. The van der Waals surface area contributed by atoms with Crippen LogP contribution in [0.4, 0.5) is 9.18 Å². The highest BCUT2D eigenvalue weighted by Crippen LogP contribution is 2.52. The van der Waals surface area contributed by atoms with Crippen LogP contribution in [0.3, 0.4) is 0 Å². The predicted octanol–water partition coefficient (Wildman–Crippen LogP) is 5.77. The number of nitrogens with zero attached hydrogens (tertiary/aromatic N) is 1. The van der Waals surface area contributed by atoms with Crippen molar-refractivity contribution in [3.05, 3.63) is 71.0 Å². The van der Waals surface area contributed by atoms with Crippen molar-refractivity contribution in [3.63, 3.8) is 0 Å². The Kier molecular flexibility index (Phi) is 11.3.